The molecule has 130 valence electrons. The van der Waals surface area contributed by atoms with Crippen LogP contribution in [0.25, 0.3) is 0 Å². The Hall–Kier alpha value is -0.310. The third-order valence-electron chi connectivity index (χ3n) is 4.48. The van der Waals surface area contributed by atoms with Gasteiger partial charge in [-0.1, -0.05) is 12.1 Å². The van der Waals surface area contributed by atoms with E-state index in [-0.39, 0.29) is 12.4 Å². The molecule has 0 aromatic heterocycles. The first-order valence-corrected chi connectivity index (χ1v) is 10.4. The van der Waals surface area contributed by atoms with E-state index in [0.717, 1.165) is 37.5 Å². The van der Waals surface area contributed by atoms with E-state index in [1.54, 1.807) is 16.4 Å². The lowest BCUT2D eigenvalue weighted by atomic mass is 10.2. The second-order valence-electron chi connectivity index (χ2n) is 5.74. The van der Waals surface area contributed by atoms with Crippen molar-refractivity contribution in [2.45, 2.75) is 22.3 Å². The Bertz CT molecular complexity index is 621. The molecular formula is C15H24ClN3O2S2. The van der Waals surface area contributed by atoms with E-state index in [2.05, 4.69) is 10.2 Å². The summed E-state index contributed by atoms with van der Waals surface area (Å²) in [5.41, 5.74) is 0. The molecule has 3 rings (SSSR count). The van der Waals surface area contributed by atoms with Crippen molar-refractivity contribution < 1.29 is 8.42 Å². The van der Waals surface area contributed by atoms with Crippen molar-refractivity contribution in [1.29, 1.82) is 0 Å². The topological polar surface area (TPSA) is 52.7 Å². The fourth-order valence-electron chi connectivity index (χ4n) is 3.25. The van der Waals surface area contributed by atoms with Crippen LogP contribution in [0.5, 0.6) is 0 Å². The van der Waals surface area contributed by atoms with Crippen molar-refractivity contribution in [2.24, 2.45) is 0 Å². The Labute approximate surface area is 149 Å². The summed E-state index contributed by atoms with van der Waals surface area (Å²) in [4.78, 5) is 3.70. The van der Waals surface area contributed by atoms with Gasteiger partial charge in [0.15, 0.2) is 0 Å². The zero-order chi connectivity index (χ0) is 15.6. The molecule has 0 spiro atoms. The normalized spacial score (nSPS) is 23.6. The van der Waals surface area contributed by atoms with Crippen LogP contribution in [0.1, 0.15) is 6.42 Å². The van der Waals surface area contributed by atoms with Crippen molar-refractivity contribution in [3.05, 3.63) is 24.3 Å². The fraction of sp³-hybridized carbons (Fsp3) is 0.600. The molecule has 0 radical (unpaired) electrons. The van der Waals surface area contributed by atoms with Crippen LogP contribution in [0.4, 0.5) is 0 Å². The molecule has 2 aliphatic heterocycles. The van der Waals surface area contributed by atoms with Crippen LogP contribution in [0.15, 0.2) is 34.1 Å². The predicted octanol–water partition coefficient (Wildman–Crippen LogP) is 1.50. The molecule has 0 saturated carbocycles. The van der Waals surface area contributed by atoms with Gasteiger partial charge in [0.1, 0.15) is 0 Å². The highest BCUT2D eigenvalue weighted by atomic mass is 35.5. The first kappa shape index (κ1) is 19.0. The van der Waals surface area contributed by atoms with Gasteiger partial charge in [-0.3, -0.25) is 4.90 Å². The lowest BCUT2D eigenvalue weighted by Gasteiger charge is -2.32. The first-order chi connectivity index (χ1) is 10.6. The number of hydrogen-bond acceptors (Lipinski definition) is 5. The third-order valence-corrected chi connectivity index (χ3v) is 7.33. The average Bonchev–Trinajstić information content (AvgIpc) is 3.06. The Morgan fingerprint density at radius 1 is 1.17 bits per heavy atom. The van der Waals surface area contributed by atoms with E-state index in [4.69, 9.17) is 0 Å². The van der Waals surface area contributed by atoms with Gasteiger partial charge in [-0.2, -0.15) is 4.31 Å². The summed E-state index contributed by atoms with van der Waals surface area (Å²) in [6.45, 7) is 5.27. The van der Waals surface area contributed by atoms with E-state index >= 15 is 0 Å². The van der Waals surface area contributed by atoms with Crippen molar-refractivity contribution in [3.8, 4) is 0 Å². The minimum Gasteiger partial charge on any atom is -0.314 e. The molecule has 1 atom stereocenters. The third kappa shape index (κ3) is 4.03. The molecule has 1 unspecified atom stereocenters. The van der Waals surface area contributed by atoms with E-state index in [9.17, 15) is 8.42 Å². The largest absolute Gasteiger partial charge is 0.314 e. The summed E-state index contributed by atoms with van der Waals surface area (Å²) >= 11 is 1.49. The molecule has 23 heavy (non-hydrogen) atoms. The Morgan fingerprint density at radius 2 is 1.87 bits per heavy atom. The maximum atomic E-state index is 12.9. The Balaban J connectivity index is 0.00000192. The van der Waals surface area contributed by atoms with Gasteiger partial charge in [0.05, 0.1) is 4.90 Å². The van der Waals surface area contributed by atoms with Crippen molar-refractivity contribution in [1.82, 2.24) is 14.5 Å². The highest BCUT2D eigenvalue weighted by molar-refractivity contribution is 7.99. The molecule has 0 bridgehead atoms. The van der Waals surface area contributed by atoms with Crippen LogP contribution in [0.2, 0.25) is 0 Å². The molecule has 1 aromatic rings. The van der Waals surface area contributed by atoms with Gasteiger partial charge in [-0.05, 0) is 24.8 Å². The van der Waals surface area contributed by atoms with E-state index < -0.39 is 10.0 Å². The van der Waals surface area contributed by atoms with E-state index in [0.29, 0.717) is 24.0 Å². The lowest BCUT2D eigenvalue weighted by molar-refractivity contribution is 0.179. The second kappa shape index (κ2) is 8.18. The zero-order valence-corrected chi connectivity index (χ0v) is 15.7. The number of nitrogens with zero attached hydrogens (tertiary/aromatic N) is 2. The molecule has 0 aliphatic carbocycles. The quantitative estimate of drug-likeness (QED) is 0.806. The van der Waals surface area contributed by atoms with Gasteiger partial charge in [0.2, 0.25) is 10.0 Å². The molecule has 2 saturated heterocycles. The van der Waals surface area contributed by atoms with Gasteiger partial charge in [-0.15, -0.1) is 24.2 Å². The van der Waals surface area contributed by atoms with Gasteiger partial charge in [0.25, 0.3) is 0 Å². The molecule has 2 fully saturated rings. The SMILES string of the molecule is CSc1ccccc1S(=O)(=O)N1CCC(N2CCNCC2)C1.Cl. The standard InChI is InChI=1S/C15H23N3O2S2.ClH/c1-21-14-4-2-3-5-15(14)22(19,20)18-9-6-13(12-18)17-10-7-16-8-11-17;/h2-5,13,16H,6-12H2,1H3;1H. The molecule has 8 heteroatoms. The van der Waals surface area contributed by atoms with E-state index in [1.165, 1.54) is 11.8 Å². The summed E-state index contributed by atoms with van der Waals surface area (Å²) < 4.78 is 27.5. The summed E-state index contributed by atoms with van der Waals surface area (Å²) in [6, 6.07) is 7.65. The number of benzene rings is 1. The number of thioether (sulfide) groups is 1. The minimum atomic E-state index is -3.38. The Morgan fingerprint density at radius 3 is 2.57 bits per heavy atom. The number of rotatable bonds is 4. The van der Waals surface area contributed by atoms with Crippen molar-refractivity contribution in [2.75, 3.05) is 45.5 Å². The molecule has 0 amide bonds. The smallest absolute Gasteiger partial charge is 0.244 e. The summed E-state index contributed by atoms with van der Waals surface area (Å²) in [5, 5.41) is 3.34. The highest BCUT2D eigenvalue weighted by Crippen LogP contribution is 2.29. The molecule has 1 aromatic carbocycles. The second-order valence-corrected chi connectivity index (χ2v) is 8.50. The van der Waals surface area contributed by atoms with Gasteiger partial charge in [0, 0.05) is 50.2 Å². The molecular weight excluding hydrogens is 354 g/mol. The molecule has 1 N–H and O–H groups in total. The summed E-state index contributed by atoms with van der Waals surface area (Å²) in [6.07, 6.45) is 2.85. The average molecular weight is 378 g/mol. The van der Waals surface area contributed by atoms with Crippen molar-refractivity contribution in [3.63, 3.8) is 0 Å². The van der Waals surface area contributed by atoms with Gasteiger partial charge < -0.3 is 5.32 Å². The predicted molar refractivity (Wildman–Crippen MR) is 97.1 cm³/mol. The summed E-state index contributed by atoms with van der Waals surface area (Å²) in [7, 11) is -3.38. The lowest BCUT2D eigenvalue weighted by Crippen LogP contribution is -2.49. The van der Waals surface area contributed by atoms with Crippen LogP contribution in [-0.4, -0.2) is 69.2 Å². The van der Waals surface area contributed by atoms with Crippen LogP contribution in [0.3, 0.4) is 0 Å². The van der Waals surface area contributed by atoms with Gasteiger partial charge >= 0.3 is 0 Å². The van der Waals surface area contributed by atoms with Crippen molar-refractivity contribution >= 4 is 34.2 Å². The van der Waals surface area contributed by atoms with Crippen LogP contribution < -0.4 is 5.32 Å². The number of nitrogens with one attached hydrogen (secondary N) is 1. The van der Waals surface area contributed by atoms with E-state index in [1.807, 2.05) is 18.4 Å². The number of sulfonamides is 1. The number of halogens is 1. The van der Waals surface area contributed by atoms with Crippen LogP contribution in [-0.2, 0) is 10.0 Å². The van der Waals surface area contributed by atoms with Crippen LogP contribution >= 0.6 is 24.2 Å². The maximum absolute atomic E-state index is 12.9. The van der Waals surface area contributed by atoms with Crippen LogP contribution in [0, 0.1) is 0 Å². The Kier molecular flexibility index (Phi) is 6.77. The molecule has 2 heterocycles. The maximum Gasteiger partial charge on any atom is 0.244 e. The first-order valence-electron chi connectivity index (χ1n) is 7.71. The monoisotopic (exact) mass is 377 g/mol. The zero-order valence-electron chi connectivity index (χ0n) is 13.3. The highest BCUT2D eigenvalue weighted by Gasteiger charge is 2.36. The minimum absolute atomic E-state index is 0. The number of piperazine rings is 1. The fourth-order valence-corrected chi connectivity index (χ4v) is 5.86. The molecule has 5 nitrogen and oxygen atoms in total. The number of hydrogen-bond donors (Lipinski definition) is 1. The summed E-state index contributed by atoms with van der Waals surface area (Å²) in [5.74, 6) is 0. The van der Waals surface area contributed by atoms with Gasteiger partial charge in [-0.25, -0.2) is 8.42 Å². The molecule has 2 aliphatic rings.